The maximum absolute atomic E-state index is 14.1. The number of carbonyl (C=O) groups is 3. The first kappa shape index (κ1) is 33.9. The summed E-state index contributed by atoms with van der Waals surface area (Å²) >= 11 is 0. The number of rotatable bonds is 9. The highest BCUT2D eigenvalue weighted by atomic mass is 35.5. The SMILES string of the molecule is CCCCN1C(=O)[C@@H]([C@H](O)C2CCCCC2)NC(=O)C12CCN(C(c1ccc(C(=O)NC)cc1)c1c(C)n[nH]c1C)CC2.Cl. The van der Waals surface area contributed by atoms with Gasteiger partial charge in [-0.1, -0.05) is 44.7 Å². The van der Waals surface area contributed by atoms with Gasteiger partial charge >= 0.3 is 0 Å². The Labute approximate surface area is 267 Å². The molecule has 242 valence electrons. The minimum absolute atomic E-state index is 0. The number of carbonyl (C=O) groups excluding carboxylic acids is 3. The molecule has 4 N–H and O–H groups in total. The van der Waals surface area contributed by atoms with Crippen LogP contribution in [0.5, 0.6) is 0 Å². The highest BCUT2D eigenvalue weighted by Crippen LogP contribution is 2.40. The van der Waals surface area contributed by atoms with Crippen molar-refractivity contribution in [2.75, 3.05) is 26.7 Å². The summed E-state index contributed by atoms with van der Waals surface area (Å²) in [6.45, 7) is 7.82. The number of halogens is 1. The first-order chi connectivity index (χ1) is 20.7. The zero-order valence-electron chi connectivity index (χ0n) is 26.5. The molecule has 3 atom stereocenters. The number of H-pyrrole nitrogens is 1. The van der Waals surface area contributed by atoms with Crippen molar-refractivity contribution in [1.82, 2.24) is 30.6 Å². The van der Waals surface area contributed by atoms with Crippen molar-refractivity contribution in [3.8, 4) is 0 Å². The Balaban J connectivity index is 0.00000442. The molecule has 2 saturated heterocycles. The van der Waals surface area contributed by atoms with Crippen molar-refractivity contribution >= 4 is 30.1 Å². The summed E-state index contributed by atoms with van der Waals surface area (Å²) in [4.78, 5) is 44.5. The van der Waals surface area contributed by atoms with Gasteiger partial charge in [0.15, 0.2) is 0 Å². The number of benzene rings is 1. The highest BCUT2D eigenvalue weighted by Gasteiger charge is 2.55. The van der Waals surface area contributed by atoms with E-state index in [2.05, 4.69) is 32.7 Å². The Morgan fingerprint density at radius 2 is 1.77 bits per heavy atom. The average Bonchev–Trinajstić information content (AvgIpc) is 3.37. The number of aryl methyl sites for hydroxylation is 2. The summed E-state index contributed by atoms with van der Waals surface area (Å²) < 4.78 is 0. The van der Waals surface area contributed by atoms with Gasteiger partial charge in [0.25, 0.3) is 5.91 Å². The Bertz CT molecular complexity index is 1280. The van der Waals surface area contributed by atoms with Crippen LogP contribution in [0.3, 0.4) is 0 Å². The van der Waals surface area contributed by atoms with Crippen LogP contribution < -0.4 is 10.6 Å². The maximum Gasteiger partial charge on any atom is 0.251 e. The second-order valence-corrected chi connectivity index (χ2v) is 12.7. The van der Waals surface area contributed by atoms with Crippen LogP contribution in [-0.4, -0.2) is 87.2 Å². The molecule has 11 heteroatoms. The molecule has 1 aromatic heterocycles. The van der Waals surface area contributed by atoms with E-state index in [0.29, 0.717) is 38.0 Å². The van der Waals surface area contributed by atoms with Gasteiger partial charge < -0.3 is 20.6 Å². The van der Waals surface area contributed by atoms with E-state index in [1.54, 1.807) is 7.05 Å². The van der Waals surface area contributed by atoms with Crippen LogP contribution in [0.2, 0.25) is 0 Å². The predicted molar refractivity (Wildman–Crippen MR) is 172 cm³/mol. The number of hydrogen-bond acceptors (Lipinski definition) is 6. The van der Waals surface area contributed by atoms with Crippen LogP contribution in [0, 0.1) is 19.8 Å². The largest absolute Gasteiger partial charge is 0.390 e. The van der Waals surface area contributed by atoms with Crippen molar-refractivity contribution < 1.29 is 19.5 Å². The number of piperazine rings is 1. The van der Waals surface area contributed by atoms with E-state index in [4.69, 9.17) is 0 Å². The molecule has 3 fully saturated rings. The number of nitrogens with one attached hydrogen (secondary N) is 3. The molecule has 3 amide bonds. The van der Waals surface area contributed by atoms with Gasteiger partial charge in [-0.3, -0.25) is 24.4 Å². The molecule has 0 bridgehead atoms. The number of hydrogen-bond donors (Lipinski definition) is 4. The summed E-state index contributed by atoms with van der Waals surface area (Å²) in [6, 6.07) is 6.67. The third-order valence-corrected chi connectivity index (χ3v) is 10.1. The van der Waals surface area contributed by atoms with E-state index < -0.39 is 17.7 Å². The van der Waals surface area contributed by atoms with Crippen LogP contribution in [0.4, 0.5) is 0 Å². The second-order valence-electron chi connectivity index (χ2n) is 12.7. The maximum atomic E-state index is 14.1. The molecular weight excluding hydrogens is 580 g/mol. The number of aliphatic hydroxyl groups excluding tert-OH is 1. The normalized spacial score (nSPS) is 22.3. The van der Waals surface area contributed by atoms with Gasteiger partial charge in [-0.25, -0.2) is 0 Å². The lowest BCUT2D eigenvalue weighted by Gasteiger charge is -2.53. The third-order valence-electron chi connectivity index (χ3n) is 10.1. The van der Waals surface area contributed by atoms with E-state index in [0.717, 1.165) is 67.5 Å². The number of aromatic amines is 1. The number of amides is 3. The zero-order valence-corrected chi connectivity index (χ0v) is 27.3. The monoisotopic (exact) mass is 628 g/mol. The Morgan fingerprint density at radius 3 is 2.34 bits per heavy atom. The van der Waals surface area contributed by atoms with Crippen LogP contribution in [0.1, 0.15) is 104 Å². The van der Waals surface area contributed by atoms with Crippen molar-refractivity contribution in [3.63, 3.8) is 0 Å². The summed E-state index contributed by atoms with van der Waals surface area (Å²) in [6.07, 6.45) is 6.94. The summed E-state index contributed by atoms with van der Waals surface area (Å²) in [5.41, 5.74) is 3.68. The number of aliphatic hydroxyl groups is 1. The minimum atomic E-state index is -0.931. The second kappa shape index (κ2) is 14.4. The first-order valence-electron chi connectivity index (χ1n) is 16.1. The minimum Gasteiger partial charge on any atom is -0.390 e. The molecule has 3 aliphatic rings. The molecule has 2 aromatic rings. The lowest BCUT2D eigenvalue weighted by atomic mass is 9.77. The van der Waals surface area contributed by atoms with Gasteiger partial charge in [0.05, 0.1) is 17.8 Å². The summed E-state index contributed by atoms with van der Waals surface area (Å²) in [7, 11) is 1.62. The Morgan fingerprint density at radius 1 is 1.11 bits per heavy atom. The predicted octanol–water partition coefficient (Wildman–Crippen LogP) is 3.80. The molecule has 2 aliphatic heterocycles. The molecular formula is C33H49ClN6O4. The van der Waals surface area contributed by atoms with Crippen molar-refractivity contribution in [2.45, 2.75) is 102 Å². The van der Waals surface area contributed by atoms with Crippen LogP contribution in [0.25, 0.3) is 0 Å². The molecule has 1 unspecified atom stereocenters. The molecule has 44 heavy (non-hydrogen) atoms. The Kier molecular flexibility index (Phi) is 11.1. The van der Waals surface area contributed by atoms with E-state index in [1.807, 2.05) is 43.0 Å². The number of piperidine rings is 1. The first-order valence-corrected chi connectivity index (χ1v) is 16.1. The highest BCUT2D eigenvalue weighted by molar-refractivity contribution is 6.00. The molecule has 0 radical (unpaired) electrons. The Hall–Kier alpha value is -2.95. The number of likely N-dealkylation sites (tertiary alicyclic amines) is 1. The van der Waals surface area contributed by atoms with Crippen molar-refractivity contribution in [3.05, 3.63) is 52.3 Å². The van der Waals surface area contributed by atoms with Crippen LogP contribution in [0.15, 0.2) is 24.3 Å². The topological polar surface area (TPSA) is 131 Å². The fraction of sp³-hybridized carbons (Fsp3) is 0.636. The molecule has 1 saturated carbocycles. The molecule has 1 aromatic carbocycles. The lowest BCUT2D eigenvalue weighted by molar-refractivity contribution is -0.166. The van der Waals surface area contributed by atoms with E-state index in [1.165, 1.54) is 0 Å². The van der Waals surface area contributed by atoms with Gasteiger partial charge in [-0.05, 0) is 69.6 Å². The molecule has 10 nitrogen and oxygen atoms in total. The lowest BCUT2D eigenvalue weighted by Crippen LogP contribution is -2.75. The van der Waals surface area contributed by atoms with Crippen molar-refractivity contribution in [1.29, 1.82) is 0 Å². The molecule has 5 rings (SSSR count). The van der Waals surface area contributed by atoms with Gasteiger partial charge in [0, 0.05) is 43.5 Å². The number of nitrogens with zero attached hydrogens (tertiary/aromatic N) is 3. The zero-order chi connectivity index (χ0) is 30.7. The quantitative estimate of drug-likeness (QED) is 0.334. The average molecular weight is 629 g/mol. The molecule has 1 spiro atoms. The number of unbranched alkanes of at least 4 members (excludes halogenated alkanes) is 1. The summed E-state index contributed by atoms with van der Waals surface area (Å²) in [5, 5.41) is 24.6. The third kappa shape index (κ3) is 6.39. The van der Waals surface area contributed by atoms with E-state index >= 15 is 0 Å². The molecule has 3 heterocycles. The van der Waals surface area contributed by atoms with Crippen LogP contribution in [-0.2, 0) is 9.59 Å². The van der Waals surface area contributed by atoms with Crippen molar-refractivity contribution in [2.24, 2.45) is 5.92 Å². The fourth-order valence-corrected chi connectivity index (χ4v) is 7.59. The number of aromatic nitrogens is 2. The smallest absolute Gasteiger partial charge is 0.251 e. The standard InChI is InChI=1S/C33H48N6O4.ClH/c1-5-6-18-39-31(42)27(29(40)24-10-8-7-9-11-24)35-32(43)33(39)16-19-38(20-17-33)28(26-21(2)36-37-22(26)3)23-12-14-25(15-13-23)30(41)34-4;/h12-15,24,27-29,40H,5-11,16-20H2,1-4H3,(H,34,41)(H,35,43)(H,36,37);1H/t27-,28?,29-;/m1./s1. The van der Waals surface area contributed by atoms with Gasteiger partial charge in [0.2, 0.25) is 11.8 Å². The summed E-state index contributed by atoms with van der Waals surface area (Å²) in [5.74, 6) is -0.359. The van der Waals surface area contributed by atoms with Gasteiger partial charge in [-0.15, -0.1) is 12.4 Å². The van der Waals surface area contributed by atoms with E-state index in [-0.39, 0.29) is 42.1 Å². The molecule has 1 aliphatic carbocycles. The fourth-order valence-electron chi connectivity index (χ4n) is 7.59. The van der Waals surface area contributed by atoms with Crippen LogP contribution >= 0.6 is 12.4 Å². The van der Waals surface area contributed by atoms with Gasteiger partial charge in [0.1, 0.15) is 11.6 Å². The van der Waals surface area contributed by atoms with Gasteiger partial charge in [-0.2, -0.15) is 5.10 Å². The van der Waals surface area contributed by atoms with E-state index in [9.17, 15) is 19.5 Å².